The molecule has 1 aliphatic carbocycles. The van der Waals surface area contributed by atoms with Crippen LogP contribution in [-0.4, -0.2) is 73.9 Å². The Kier molecular flexibility index (Phi) is 10.6. The number of likely N-dealkylation sites (N-methyl/N-ethyl adjacent to an activating group) is 1. The quantitative estimate of drug-likeness (QED) is 0.336. The van der Waals surface area contributed by atoms with Crippen LogP contribution < -0.4 is 10.6 Å². The maximum atomic E-state index is 12.7. The van der Waals surface area contributed by atoms with Crippen molar-refractivity contribution in [3.63, 3.8) is 0 Å². The number of hydrogen-bond donors (Lipinski definition) is 2. The number of carbonyl (C=O) groups excluding carboxylic acids is 2. The first-order chi connectivity index (χ1) is 12.0. The van der Waals surface area contributed by atoms with E-state index in [1.54, 1.807) is 19.0 Å². The van der Waals surface area contributed by atoms with Gasteiger partial charge in [0.15, 0.2) is 5.96 Å². The van der Waals surface area contributed by atoms with E-state index >= 15 is 0 Å². The summed E-state index contributed by atoms with van der Waals surface area (Å²) in [7, 11) is 5.46. The van der Waals surface area contributed by atoms with Crippen molar-refractivity contribution in [1.82, 2.24) is 20.4 Å². The fourth-order valence-electron chi connectivity index (χ4n) is 3.41. The lowest BCUT2D eigenvalue weighted by atomic mass is 9.85. The van der Waals surface area contributed by atoms with E-state index in [0.29, 0.717) is 19.0 Å². The first-order valence-electron chi connectivity index (χ1n) is 9.53. The molecular weight excluding hydrogens is 457 g/mol. The van der Waals surface area contributed by atoms with Crippen molar-refractivity contribution in [1.29, 1.82) is 0 Å². The molecule has 0 aromatic rings. The van der Waals surface area contributed by atoms with E-state index in [2.05, 4.69) is 10.6 Å². The minimum absolute atomic E-state index is 0. The highest BCUT2D eigenvalue weighted by Gasteiger charge is 2.42. The smallest absolute Gasteiger partial charge is 0.240 e. The lowest BCUT2D eigenvalue weighted by molar-refractivity contribution is -0.138. The number of aliphatic imine (C=N–C) groups is 1. The third-order valence-corrected chi connectivity index (χ3v) is 4.54. The lowest BCUT2D eigenvalue weighted by Gasteiger charge is -2.30. The van der Waals surface area contributed by atoms with E-state index in [1.807, 2.05) is 39.6 Å². The van der Waals surface area contributed by atoms with Crippen LogP contribution >= 0.6 is 24.0 Å². The van der Waals surface area contributed by atoms with Crippen LogP contribution in [0.3, 0.4) is 0 Å². The molecule has 0 aromatic carbocycles. The normalized spacial score (nSPS) is 16.3. The van der Waals surface area contributed by atoms with Gasteiger partial charge in [-0.2, -0.15) is 0 Å². The maximum absolute atomic E-state index is 12.7. The summed E-state index contributed by atoms with van der Waals surface area (Å²) in [5, 5.41) is 6.19. The Bertz CT molecular complexity index is 523. The first-order valence-corrected chi connectivity index (χ1v) is 9.53. The molecule has 2 N–H and O–H groups in total. The molecule has 0 bridgehead atoms. The zero-order valence-electron chi connectivity index (χ0n) is 18.0. The minimum atomic E-state index is -0.404. The van der Waals surface area contributed by atoms with Crippen LogP contribution in [0.1, 0.15) is 53.4 Å². The number of hydrogen-bond acceptors (Lipinski definition) is 3. The van der Waals surface area contributed by atoms with Crippen LogP contribution in [0, 0.1) is 5.41 Å². The van der Waals surface area contributed by atoms with Crippen LogP contribution in [-0.2, 0) is 9.59 Å². The van der Waals surface area contributed by atoms with Gasteiger partial charge in [0, 0.05) is 33.2 Å². The Morgan fingerprint density at radius 1 is 1.11 bits per heavy atom. The van der Waals surface area contributed by atoms with Gasteiger partial charge in [0.25, 0.3) is 0 Å². The predicted octanol–water partition coefficient (Wildman–Crippen LogP) is 2.06. The fourth-order valence-corrected chi connectivity index (χ4v) is 3.41. The summed E-state index contributed by atoms with van der Waals surface area (Å²) < 4.78 is 0. The van der Waals surface area contributed by atoms with Gasteiger partial charge in [-0.25, -0.2) is 0 Å². The summed E-state index contributed by atoms with van der Waals surface area (Å²) in [4.78, 5) is 33.1. The molecule has 1 aliphatic rings. The molecular formula is C19H38IN5O2. The highest BCUT2D eigenvalue weighted by atomic mass is 127. The van der Waals surface area contributed by atoms with Crippen molar-refractivity contribution in [2.45, 2.75) is 58.9 Å². The molecule has 1 fully saturated rings. The second-order valence-electron chi connectivity index (χ2n) is 8.51. The number of carbonyl (C=O) groups is 2. The molecule has 158 valence electrons. The number of guanidine groups is 1. The molecule has 0 radical (unpaired) electrons. The van der Waals surface area contributed by atoms with E-state index in [1.165, 1.54) is 0 Å². The second-order valence-corrected chi connectivity index (χ2v) is 8.51. The van der Waals surface area contributed by atoms with Gasteiger partial charge >= 0.3 is 0 Å². The third kappa shape index (κ3) is 8.23. The number of nitrogens with one attached hydrogen (secondary N) is 2. The number of nitrogens with zero attached hydrogens (tertiary/aromatic N) is 3. The third-order valence-electron chi connectivity index (χ3n) is 4.54. The molecule has 1 saturated carbocycles. The topological polar surface area (TPSA) is 77.0 Å². The molecule has 2 amide bonds. The van der Waals surface area contributed by atoms with E-state index in [9.17, 15) is 9.59 Å². The van der Waals surface area contributed by atoms with Crippen molar-refractivity contribution in [3.8, 4) is 0 Å². The van der Waals surface area contributed by atoms with E-state index in [-0.39, 0.29) is 47.9 Å². The van der Waals surface area contributed by atoms with Gasteiger partial charge in [-0.3, -0.25) is 14.6 Å². The predicted molar refractivity (Wildman–Crippen MR) is 122 cm³/mol. The van der Waals surface area contributed by atoms with Gasteiger partial charge in [0.1, 0.15) is 0 Å². The maximum Gasteiger partial charge on any atom is 0.240 e. The van der Waals surface area contributed by atoms with Gasteiger partial charge < -0.3 is 20.4 Å². The molecule has 0 spiro atoms. The van der Waals surface area contributed by atoms with Crippen LogP contribution in [0.2, 0.25) is 0 Å². The summed E-state index contributed by atoms with van der Waals surface area (Å²) >= 11 is 0. The summed E-state index contributed by atoms with van der Waals surface area (Å²) in [5.41, 5.74) is -0.669. The molecule has 0 aliphatic heterocycles. The van der Waals surface area contributed by atoms with Gasteiger partial charge in [-0.15, -0.1) is 24.0 Å². The molecule has 0 aromatic heterocycles. The molecule has 0 heterocycles. The van der Waals surface area contributed by atoms with Gasteiger partial charge in [-0.1, -0.05) is 12.8 Å². The standard InChI is InChI=1S/C19H37N5O2.HI/c1-8-20-17(24(7)13-15(25)22-18(2,3)4)21-14-19(11-9-10-12-19)16(26)23(5)6;/h8-14H2,1-7H3,(H,20,21)(H,22,25);1H. The second kappa shape index (κ2) is 11.1. The number of amides is 2. The van der Waals surface area contributed by atoms with Crippen LogP contribution in [0.25, 0.3) is 0 Å². The van der Waals surface area contributed by atoms with Crippen LogP contribution in [0.4, 0.5) is 0 Å². The highest BCUT2D eigenvalue weighted by molar-refractivity contribution is 14.0. The highest BCUT2D eigenvalue weighted by Crippen LogP contribution is 2.39. The monoisotopic (exact) mass is 495 g/mol. The van der Waals surface area contributed by atoms with Crippen molar-refractivity contribution in [3.05, 3.63) is 0 Å². The summed E-state index contributed by atoms with van der Waals surface area (Å²) in [6.45, 7) is 9.26. The Balaban J connectivity index is 0.00000676. The Morgan fingerprint density at radius 3 is 2.11 bits per heavy atom. The number of halogens is 1. The van der Waals surface area contributed by atoms with Crippen molar-refractivity contribution in [2.75, 3.05) is 40.8 Å². The fraction of sp³-hybridized carbons (Fsp3) is 0.842. The molecule has 0 saturated heterocycles. The largest absolute Gasteiger partial charge is 0.357 e. The van der Waals surface area contributed by atoms with Crippen LogP contribution in [0.15, 0.2) is 4.99 Å². The van der Waals surface area contributed by atoms with Crippen molar-refractivity contribution in [2.24, 2.45) is 10.4 Å². The SMILES string of the molecule is CCNC(=NCC1(C(=O)N(C)C)CCCC1)N(C)CC(=O)NC(C)(C)C.I. The van der Waals surface area contributed by atoms with Crippen LogP contribution in [0.5, 0.6) is 0 Å². The molecule has 0 unspecified atom stereocenters. The molecule has 27 heavy (non-hydrogen) atoms. The molecule has 1 rings (SSSR count). The average molecular weight is 495 g/mol. The molecule has 7 nitrogen and oxygen atoms in total. The van der Waals surface area contributed by atoms with Gasteiger partial charge in [0.05, 0.1) is 18.5 Å². The van der Waals surface area contributed by atoms with E-state index in [0.717, 1.165) is 25.7 Å². The molecule has 0 atom stereocenters. The van der Waals surface area contributed by atoms with Crippen molar-refractivity contribution >= 4 is 41.8 Å². The van der Waals surface area contributed by atoms with Gasteiger partial charge in [0.2, 0.25) is 11.8 Å². The molecule has 8 heteroatoms. The minimum Gasteiger partial charge on any atom is -0.357 e. The van der Waals surface area contributed by atoms with Gasteiger partial charge in [-0.05, 0) is 40.5 Å². The summed E-state index contributed by atoms with van der Waals surface area (Å²) in [6.07, 6.45) is 3.88. The van der Waals surface area contributed by atoms with E-state index < -0.39 is 5.41 Å². The average Bonchev–Trinajstić information content (AvgIpc) is 2.98. The Morgan fingerprint density at radius 2 is 1.67 bits per heavy atom. The summed E-state index contributed by atoms with van der Waals surface area (Å²) in [6, 6.07) is 0. The first kappa shape index (κ1) is 25.9. The number of rotatable bonds is 6. The zero-order valence-corrected chi connectivity index (χ0v) is 20.3. The Labute approximate surface area is 181 Å². The summed E-state index contributed by atoms with van der Waals surface area (Å²) in [5.74, 6) is 0.766. The lowest BCUT2D eigenvalue weighted by Crippen LogP contribution is -2.49. The van der Waals surface area contributed by atoms with Crippen molar-refractivity contribution < 1.29 is 9.59 Å². The zero-order chi connectivity index (χ0) is 20.0. The Hall–Kier alpha value is -1.06. The van der Waals surface area contributed by atoms with E-state index in [4.69, 9.17) is 4.99 Å².